The maximum Gasteiger partial charge on any atom is 0.266 e. The van der Waals surface area contributed by atoms with Crippen molar-refractivity contribution in [2.45, 2.75) is 43.2 Å². The molecule has 0 amide bonds. The first-order valence-corrected chi connectivity index (χ1v) is 10.0. The van der Waals surface area contributed by atoms with Gasteiger partial charge in [-0.2, -0.15) is 9.40 Å². The Labute approximate surface area is 145 Å². The Morgan fingerprint density at radius 1 is 1.16 bits per heavy atom. The summed E-state index contributed by atoms with van der Waals surface area (Å²) in [4.78, 5) is 18.5. The van der Waals surface area contributed by atoms with Gasteiger partial charge in [0.25, 0.3) is 15.6 Å². The van der Waals surface area contributed by atoms with E-state index >= 15 is 0 Å². The summed E-state index contributed by atoms with van der Waals surface area (Å²) in [7, 11) is -3.50. The summed E-state index contributed by atoms with van der Waals surface area (Å²) in [5, 5.41) is 4.62. The van der Waals surface area contributed by atoms with Gasteiger partial charge in [-0.15, -0.1) is 0 Å². The Bertz CT molecular complexity index is 894. The first-order chi connectivity index (χ1) is 12.0. The summed E-state index contributed by atoms with van der Waals surface area (Å²) in [5.74, 6) is 0.765. The second kappa shape index (κ2) is 6.38. The lowest BCUT2D eigenvalue weighted by atomic mass is 9.98. The minimum atomic E-state index is -3.50. The maximum atomic E-state index is 12.5. The van der Waals surface area contributed by atoms with E-state index in [1.165, 1.54) is 16.8 Å². The standard InChI is InChI=1S/C16H21N5O3S/c22-16-4-3-14(13-1-2-13)19-21(16)10-12-5-7-20(8-6-12)25(23,24)15-9-17-11-18-15/h3-4,9,11-13H,1-2,5-8,10H2,(H,17,18). The lowest BCUT2D eigenvalue weighted by molar-refractivity contribution is 0.243. The average molecular weight is 363 g/mol. The van der Waals surface area contributed by atoms with Gasteiger partial charge < -0.3 is 4.98 Å². The normalized spacial score (nSPS) is 20.0. The van der Waals surface area contributed by atoms with E-state index < -0.39 is 10.0 Å². The van der Waals surface area contributed by atoms with Crippen LogP contribution in [0.15, 0.2) is 34.5 Å². The summed E-state index contributed by atoms with van der Waals surface area (Å²) in [6.07, 6.45) is 6.42. The molecule has 1 saturated heterocycles. The lowest BCUT2D eigenvalue weighted by Gasteiger charge is -2.30. The van der Waals surface area contributed by atoms with Crippen molar-refractivity contribution >= 4 is 10.0 Å². The molecule has 25 heavy (non-hydrogen) atoms. The van der Waals surface area contributed by atoms with E-state index in [0.29, 0.717) is 25.6 Å². The van der Waals surface area contributed by atoms with Gasteiger partial charge in [-0.1, -0.05) is 0 Å². The molecular formula is C16H21N5O3S. The number of hydrogen-bond donors (Lipinski definition) is 1. The van der Waals surface area contributed by atoms with Crippen molar-refractivity contribution in [2.24, 2.45) is 5.92 Å². The molecule has 0 aromatic carbocycles. The third-order valence-corrected chi connectivity index (χ3v) is 6.80. The molecule has 1 saturated carbocycles. The Balaban J connectivity index is 1.41. The van der Waals surface area contributed by atoms with Crippen LogP contribution in [-0.2, 0) is 16.6 Å². The van der Waals surface area contributed by atoms with E-state index in [9.17, 15) is 13.2 Å². The molecule has 0 radical (unpaired) electrons. The zero-order chi connectivity index (χ0) is 17.4. The highest BCUT2D eigenvalue weighted by molar-refractivity contribution is 7.89. The fourth-order valence-corrected chi connectivity index (χ4v) is 4.66. The predicted octanol–water partition coefficient (Wildman–Crippen LogP) is 0.945. The summed E-state index contributed by atoms with van der Waals surface area (Å²) in [5.41, 5.74) is 0.913. The van der Waals surface area contributed by atoms with E-state index in [-0.39, 0.29) is 16.5 Å². The van der Waals surface area contributed by atoms with Crippen LogP contribution in [0.25, 0.3) is 0 Å². The second-order valence-electron chi connectivity index (χ2n) is 6.82. The Morgan fingerprint density at radius 3 is 2.56 bits per heavy atom. The summed E-state index contributed by atoms with van der Waals surface area (Å²) < 4.78 is 28.0. The van der Waals surface area contributed by atoms with Crippen molar-refractivity contribution in [1.82, 2.24) is 24.1 Å². The summed E-state index contributed by atoms with van der Waals surface area (Å²) in [6.45, 7) is 1.45. The fraction of sp³-hybridized carbons (Fsp3) is 0.562. The molecular weight excluding hydrogens is 342 g/mol. The molecule has 0 spiro atoms. The van der Waals surface area contributed by atoms with Crippen LogP contribution in [0.3, 0.4) is 0 Å². The van der Waals surface area contributed by atoms with Crippen LogP contribution in [0.1, 0.15) is 37.3 Å². The number of sulfonamides is 1. The van der Waals surface area contributed by atoms with E-state index in [4.69, 9.17) is 0 Å². The van der Waals surface area contributed by atoms with Crippen LogP contribution in [0, 0.1) is 5.92 Å². The van der Waals surface area contributed by atoms with E-state index in [1.807, 2.05) is 6.07 Å². The Kier molecular flexibility index (Phi) is 4.20. The van der Waals surface area contributed by atoms with Gasteiger partial charge in [0.2, 0.25) is 0 Å². The van der Waals surface area contributed by atoms with Crippen LogP contribution >= 0.6 is 0 Å². The highest BCUT2D eigenvalue weighted by Crippen LogP contribution is 2.38. The number of aromatic amines is 1. The van der Waals surface area contributed by atoms with Gasteiger partial charge in [0.15, 0.2) is 5.03 Å². The number of hydrogen-bond acceptors (Lipinski definition) is 5. The molecule has 4 rings (SSSR count). The monoisotopic (exact) mass is 363 g/mol. The van der Waals surface area contributed by atoms with Crippen LogP contribution in [0.2, 0.25) is 0 Å². The zero-order valence-corrected chi connectivity index (χ0v) is 14.7. The van der Waals surface area contributed by atoms with Gasteiger partial charge in [0, 0.05) is 31.6 Å². The summed E-state index contributed by atoms with van der Waals surface area (Å²) >= 11 is 0. The largest absolute Gasteiger partial charge is 0.335 e. The van der Waals surface area contributed by atoms with Gasteiger partial charge in [-0.3, -0.25) is 4.79 Å². The third kappa shape index (κ3) is 3.38. The first-order valence-electron chi connectivity index (χ1n) is 8.60. The molecule has 2 fully saturated rings. The van der Waals surface area contributed by atoms with E-state index in [2.05, 4.69) is 15.1 Å². The molecule has 1 aliphatic heterocycles. The number of H-pyrrole nitrogens is 1. The Morgan fingerprint density at radius 2 is 1.92 bits per heavy atom. The number of rotatable bonds is 5. The lowest BCUT2D eigenvalue weighted by Crippen LogP contribution is -2.40. The highest BCUT2D eigenvalue weighted by Gasteiger charge is 2.31. The van der Waals surface area contributed by atoms with Crippen molar-refractivity contribution < 1.29 is 8.42 Å². The molecule has 2 aromatic heterocycles. The molecule has 0 bridgehead atoms. The number of piperidine rings is 1. The second-order valence-corrected chi connectivity index (χ2v) is 8.72. The van der Waals surface area contributed by atoms with Gasteiger partial charge in [0.1, 0.15) is 0 Å². The third-order valence-electron chi connectivity index (χ3n) is 4.98. The van der Waals surface area contributed by atoms with Crippen molar-refractivity contribution in [2.75, 3.05) is 13.1 Å². The number of imidazole rings is 1. The number of nitrogens with zero attached hydrogens (tertiary/aromatic N) is 4. The Hall–Kier alpha value is -2.00. The van der Waals surface area contributed by atoms with E-state index in [1.54, 1.807) is 10.7 Å². The van der Waals surface area contributed by atoms with Crippen LogP contribution < -0.4 is 5.56 Å². The van der Waals surface area contributed by atoms with Crippen molar-refractivity contribution in [3.8, 4) is 0 Å². The molecule has 2 aromatic rings. The molecule has 8 nitrogen and oxygen atoms in total. The van der Waals surface area contributed by atoms with Crippen LogP contribution in [0.4, 0.5) is 0 Å². The SMILES string of the molecule is O=c1ccc(C2CC2)nn1CC1CCN(S(=O)(=O)c2cnc[nH]2)CC1. The van der Waals surface area contributed by atoms with Gasteiger partial charge >= 0.3 is 0 Å². The fourth-order valence-electron chi connectivity index (χ4n) is 3.29. The zero-order valence-electron chi connectivity index (χ0n) is 13.8. The summed E-state index contributed by atoms with van der Waals surface area (Å²) in [6, 6.07) is 3.43. The van der Waals surface area contributed by atoms with E-state index in [0.717, 1.165) is 31.4 Å². The van der Waals surface area contributed by atoms with Crippen molar-refractivity contribution in [1.29, 1.82) is 0 Å². The minimum absolute atomic E-state index is 0.0862. The van der Waals surface area contributed by atoms with Gasteiger partial charge in [-0.25, -0.2) is 18.1 Å². The van der Waals surface area contributed by atoms with Crippen molar-refractivity contribution in [3.05, 3.63) is 40.7 Å². The molecule has 3 heterocycles. The number of nitrogens with one attached hydrogen (secondary N) is 1. The van der Waals surface area contributed by atoms with Crippen LogP contribution in [0.5, 0.6) is 0 Å². The molecule has 134 valence electrons. The smallest absolute Gasteiger partial charge is 0.266 e. The molecule has 2 aliphatic rings. The highest BCUT2D eigenvalue weighted by atomic mass is 32.2. The molecule has 1 N–H and O–H groups in total. The molecule has 0 unspecified atom stereocenters. The quantitative estimate of drug-likeness (QED) is 0.852. The molecule has 9 heteroatoms. The predicted molar refractivity (Wildman–Crippen MR) is 90.5 cm³/mol. The maximum absolute atomic E-state index is 12.5. The average Bonchev–Trinajstić information content (AvgIpc) is 3.30. The van der Waals surface area contributed by atoms with Crippen molar-refractivity contribution in [3.63, 3.8) is 0 Å². The first kappa shape index (κ1) is 16.5. The molecule has 0 atom stereocenters. The minimum Gasteiger partial charge on any atom is -0.335 e. The van der Waals surface area contributed by atoms with Gasteiger partial charge in [-0.05, 0) is 37.7 Å². The van der Waals surface area contributed by atoms with Gasteiger partial charge in [0.05, 0.1) is 18.2 Å². The topological polar surface area (TPSA) is 101 Å². The number of aromatic nitrogens is 4. The molecule has 1 aliphatic carbocycles. The van der Waals surface area contributed by atoms with Crippen LogP contribution in [-0.4, -0.2) is 45.6 Å².